The first-order chi connectivity index (χ1) is 20.8. The summed E-state index contributed by atoms with van der Waals surface area (Å²) in [4.78, 5) is 0. The molecule has 7 aromatic carbocycles. The van der Waals surface area contributed by atoms with E-state index in [1.54, 1.807) is 0 Å². The highest BCUT2D eigenvalue weighted by Crippen LogP contribution is 2.53. The average Bonchev–Trinajstić information content (AvgIpc) is 3.05. The fourth-order valence-corrected chi connectivity index (χ4v) is 4.99. The smallest absolute Gasteiger partial charge is 0.147 e. The first-order valence-electron chi connectivity index (χ1n) is 13.8. The minimum absolute atomic E-state index is 0.617. The Morgan fingerprint density at radius 1 is 0.262 bits per heavy atom. The Morgan fingerprint density at radius 2 is 0.548 bits per heavy atom. The minimum Gasteiger partial charge on any atom is -0.457 e. The monoisotopic (exact) mass is 546 g/mol. The maximum atomic E-state index is 6.70. The van der Waals surface area contributed by atoms with Crippen molar-refractivity contribution in [3.63, 3.8) is 0 Å². The van der Waals surface area contributed by atoms with E-state index in [1.807, 2.05) is 158 Å². The van der Waals surface area contributed by atoms with Crippen LogP contribution in [0, 0.1) is 0 Å². The summed E-state index contributed by atoms with van der Waals surface area (Å²) in [5, 5.41) is 3.24. The van der Waals surface area contributed by atoms with Gasteiger partial charge in [0.1, 0.15) is 46.0 Å². The number of rotatable bonds is 8. The van der Waals surface area contributed by atoms with Crippen molar-refractivity contribution in [2.24, 2.45) is 0 Å². The van der Waals surface area contributed by atoms with E-state index in [1.165, 1.54) is 0 Å². The van der Waals surface area contributed by atoms with Crippen LogP contribution in [0.3, 0.4) is 0 Å². The van der Waals surface area contributed by atoms with Crippen molar-refractivity contribution in [1.29, 1.82) is 0 Å². The molecule has 42 heavy (non-hydrogen) atoms. The Balaban J connectivity index is 1.57. The van der Waals surface area contributed by atoms with Crippen LogP contribution in [-0.2, 0) is 0 Å². The van der Waals surface area contributed by atoms with Crippen molar-refractivity contribution in [2.75, 3.05) is 0 Å². The highest BCUT2D eigenvalue weighted by molar-refractivity contribution is 6.15. The predicted octanol–water partition coefficient (Wildman–Crippen LogP) is 11.2. The first-order valence-corrected chi connectivity index (χ1v) is 13.8. The molecule has 7 aromatic rings. The molecular weight excluding hydrogens is 520 g/mol. The van der Waals surface area contributed by atoms with E-state index in [4.69, 9.17) is 18.9 Å². The summed E-state index contributed by atoms with van der Waals surface area (Å²) in [6, 6.07) is 50.9. The second kappa shape index (κ2) is 11.4. The number of hydrogen-bond donors (Lipinski definition) is 0. The molecule has 0 radical (unpaired) electrons. The Kier molecular flexibility index (Phi) is 6.85. The summed E-state index contributed by atoms with van der Waals surface area (Å²) in [5.74, 6) is 5.37. The van der Waals surface area contributed by atoms with Crippen LogP contribution >= 0.6 is 0 Å². The van der Waals surface area contributed by atoms with Crippen LogP contribution < -0.4 is 18.9 Å². The van der Waals surface area contributed by atoms with Crippen LogP contribution in [0.15, 0.2) is 158 Å². The Labute approximate surface area is 243 Å². The normalized spacial score (nSPS) is 10.9. The molecule has 4 heteroatoms. The molecule has 7 rings (SSSR count). The van der Waals surface area contributed by atoms with E-state index in [-0.39, 0.29) is 0 Å². The molecule has 0 aliphatic heterocycles. The lowest BCUT2D eigenvalue weighted by Gasteiger charge is -2.22. The number of fused-ring (bicyclic) bond motifs is 2. The second-order valence-electron chi connectivity index (χ2n) is 9.68. The van der Waals surface area contributed by atoms with Crippen LogP contribution in [0.2, 0.25) is 0 Å². The van der Waals surface area contributed by atoms with Crippen molar-refractivity contribution in [1.82, 2.24) is 0 Å². The van der Waals surface area contributed by atoms with Crippen LogP contribution in [0.25, 0.3) is 21.5 Å². The van der Waals surface area contributed by atoms with E-state index in [2.05, 4.69) is 0 Å². The van der Waals surface area contributed by atoms with Gasteiger partial charge in [-0.15, -0.1) is 0 Å². The summed E-state index contributed by atoms with van der Waals surface area (Å²) in [6.07, 6.45) is 0. The molecule has 0 N–H and O–H groups in total. The van der Waals surface area contributed by atoms with E-state index >= 15 is 0 Å². The molecule has 202 valence electrons. The van der Waals surface area contributed by atoms with E-state index in [0.717, 1.165) is 21.5 Å². The van der Waals surface area contributed by atoms with Crippen molar-refractivity contribution in [3.8, 4) is 46.0 Å². The van der Waals surface area contributed by atoms with Gasteiger partial charge < -0.3 is 18.9 Å². The highest BCUT2D eigenvalue weighted by Gasteiger charge is 2.25. The fourth-order valence-electron chi connectivity index (χ4n) is 4.99. The number of para-hydroxylation sites is 4. The fraction of sp³-hybridized carbons (Fsp3) is 0. The van der Waals surface area contributed by atoms with Gasteiger partial charge in [-0.2, -0.15) is 0 Å². The van der Waals surface area contributed by atoms with Crippen LogP contribution in [0.5, 0.6) is 46.0 Å². The maximum Gasteiger partial charge on any atom is 0.147 e. The molecule has 0 amide bonds. The molecule has 0 heterocycles. The zero-order valence-corrected chi connectivity index (χ0v) is 22.6. The van der Waals surface area contributed by atoms with Gasteiger partial charge in [0.2, 0.25) is 0 Å². The van der Waals surface area contributed by atoms with Crippen LogP contribution in [0.1, 0.15) is 0 Å². The molecule has 0 aliphatic carbocycles. The zero-order chi connectivity index (χ0) is 28.1. The maximum absolute atomic E-state index is 6.70. The SMILES string of the molecule is c1ccc(Oc2ccc(Oc3ccccc3)c3c(Oc4ccccc4)c4ccccc4c(Oc4ccccc4)c23)cc1. The standard InChI is InChI=1S/C38H26O4/c1-5-15-27(16-6-1)39-33-25-26-34(40-28-17-7-2-8-18-28)36-35(33)37(41-29-19-9-3-10-20-29)31-23-13-14-24-32(31)38(36)42-30-21-11-4-12-22-30/h1-26H. The van der Waals surface area contributed by atoms with Gasteiger partial charge >= 0.3 is 0 Å². The first kappa shape index (κ1) is 25.2. The lowest BCUT2D eigenvalue weighted by atomic mass is 9.98. The third-order valence-electron chi connectivity index (χ3n) is 6.87. The van der Waals surface area contributed by atoms with Gasteiger partial charge in [-0.3, -0.25) is 0 Å². The van der Waals surface area contributed by atoms with Crippen molar-refractivity contribution < 1.29 is 18.9 Å². The second-order valence-corrected chi connectivity index (χ2v) is 9.68. The highest BCUT2D eigenvalue weighted by atomic mass is 16.5. The summed E-state index contributed by atoms with van der Waals surface area (Å²) < 4.78 is 26.5. The topological polar surface area (TPSA) is 36.9 Å². The molecule has 0 bridgehead atoms. The van der Waals surface area contributed by atoms with Crippen LogP contribution in [0.4, 0.5) is 0 Å². The zero-order valence-electron chi connectivity index (χ0n) is 22.6. The molecule has 0 saturated heterocycles. The molecule has 0 atom stereocenters. The number of benzene rings is 7. The van der Waals surface area contributed by atoms with E-state index in [9.17, 15) is 0 Å². The summed E-state index contributed by atoms with van der Waals surface area (Å²) >= 11 is 0. The molecule has 0 fully saturated rings. The summed E-state index contributed by atoms with van der Waals surface area (Å²) in [7, 11) is 0. The minimum atomic E-state index is 0.617. The predicted molar refractivity (Wildman–Crippen MR) is 168 cm³/mol. The van der Waals surface area contributed by atoms with Gasteiger partial charge in [0, 0.05) is 10.8 Å². The largest absolute Gasteiger partial charge is 0.457 e. The Hall–Kier alpha value is -5.74. The number of hydrogen-bond acceptors (Lipinski definition) is 4. The molecule has 0 saturated carbocycles. The lowest BCUT2D eigenvalue weighted by molar-refractivity contribution is 0.461. The number of ether oxygens (including phenoxy) is 4. The van der Waals surface area contributed by atoms with Crippen molar-refractivity contribution in [2.45, 2.75) is 0 Å². The summed E-state index contributed by atoms with van der Waals surface area (Å²) in [6.45, 7) is 0. The third kappa shape index (κ3) is 5.09. The van der Waals surface area contributed by atoms with Gasteiger partial charge in [0.05, 0.1) is 10.8 Å². The molecular formula is C38H26O4. The van der Waals surface area contributed by atoms with E-state index < -0.39 is 0 Å². The van der Waals surface area contributed by atoms with Crippen LogP contribution in [-0.4, -0.2) is 0 Å². The molecule has 0 aliphatic rings. The van der Waals surface area contributed by atoms with Gasteiger partial charge in [0.25, 0.3) is 0 Å². The van der Waals surface area contributed by atoms with Gasteiger partial charge in [-0.05, 0) is 60.7 Å². The molecule has 4 nitrogen and oxygen atoms in total. The summed E-state index contributed by atoms with van der Waals surface area (Å²) in [5.41, 5.74) is 0. The molecule has 0 unspecified atom stereocenters. The molecule has 0 spiro atoms. The molecule has 0 aromatic heterocycles. The average molecular weight is 547 g/mol. The Bertz CT molecular complexity index is 1810. The van der Waals surface area contributed by atoms with Gasteiger partial charge in [-0.1, -0.05) is 97.1 Å². The van der Waals surface area contributed by atoms with E-state index in [0.29, 0.717) is 46.0 Å². The lowest BCUT2D eigenvalue weighted by Crippen LogP contribution is -1.97. The van der Waals surface area contributed by atoms with Gasteiger partial charge in [-0.25, -0.2) is 0 Å². The third-order valence-corrected chi connectivity index (χ3v) is 6.87. The quantitative estimate of drug-likeness (QED) is 0.178. The van der Waals surface area contributed by atoms with Crippen molar-refractivity contribution in [3.05, 3.63) is 158 Å². The van der Waals surface area contributed by atoms with Gasteiger partial charge in [0.15, 0.2) is 0 Å². The van der Waals surface area contributed by atoms with Crippen molar-refractivity contribution >= 4 is 21.5 Å². The Morgan fingerprint density at radius 3 is 0.881 bits per heavy atom.